The van der Waals surface area contributed by atoms with Crippen LogP contribution in [0.15, 0.2) is 4.99 Å². The van der Waals surface area contributed by atoms with E-state index in [0.717, 1.165) is 32.1 Å². The van der Waals surface area contributed by atoms with Gasteiger partial charge in [0.1, 0.15) is 0 Å². The number of nitrogens with two attached hydrogens (primary N) is 1. The highest BCUT2D eigenvalue weighted by Crippen LogP contribution is 2.50. The Kier molecular flexibility index (Phi) is 9.43. The molecule has 0 radical (unpaired) electrons. The Morgan fingerprint density at radius 1 is 1.27 bits per heavy atom. The van der Waals surface area contributed by atoms with E-state index in [1.54, 1.807) is 12.0 Å². The van der Waals surface area contributed by atoms with Gasteiger partial charge in [-0.05, 0) is 39.0 Å². The number of carbonyl (C=O) groups is 1. The van der Waals surface area contributed by atoms with Gasteiger partial charge in [-0.3, -0.25) is 0 Å². The lowest BCUT2D eigenvalue weighted by molar-refractivity contribution is -0.111. The maximum atomic E-state index is 11.7. The largest absolute Gasteiger partial charge is 0.450 e. The normalized spacial score (nSPS) is 25.8. The van der Waals surface area contributed by atoms with Crippen LogP contribution in [-0.4, -0.2) is 61.9 Å². The summed E-state index contributed by atoms with van der Waals surface area (Å²) in [6.45, 7) is 8.01. The number of rotatable bonds is 6. The smallest absolute Gasteiger partial charge is 0.409 e. The van der Waals surface area contributed by atoms with Gasteiger partial charge in [0.05, 0.1) is 18.8 Å². The molecular formula is C18H35IN4O3. The molecule has 1 aliphatic heterocycles. The summed E-state index contributed by atoms with van der Waals surface area (Å²) in [5.74, 6) is 0.514. The minimum absolute atomic E-state index is 0. The molecule has 7 nitrogen and oxygen atoms in total. The van der Waals surface area contributed by atoms with Crippen molar-refractivity contribution in [1.82, 2.24) is 10.2 Å². The van der Waals surface area contributed by atoms with Crippen LogP contribution in [0.2, 0.25) is 0 Å². The third-order valence-electron chi connectivity index (χ3n) is 6.01. The van der Waals surface area contributed by atoms with Gasteiger partial charge < -0.3 is 25.4 Å². The molecule has 1 amide bonds. The molecule has 1 saturated heterocycles. The number of ether oxygens (including phenoxy) is 2. The molecule has 8 heteroatoms. The second kappa shape index (κ2) is 10.5. The van der Waals surface area contributed by atoms with Gasteiger partial charge in [0.25, 0.3) is 0 Å². The Bertz CT molecular complexity index is 477. The third kappa shape index (κ3) is 4.94. The summed E-state index contributed by atoms with van der Waals surface area (Å²) in [6, 6.07) is 0.477. The van der Waals surface area contributed by atoms with Gasteiger partial charge in [-0.1, -0.05) is 13.8 Å². The predicted molar refractivity (Wildman–Crippen MR) is 114 cm³/mol. The Labute approximate surface area is 174 Å². The Morgan fingerprint density at radius 3 is 2.38 bits per heavy atom. The van der Waals surface area contributed by atoms with E-state index in [9.17, 15) is 4.79 Å². The van der Waals surface area contributed by atoms with Crippen molar-refractivity contribution < 1.29 is 14.3 Å². The molecule has 2 aliphatic rings. The number of nitrogens with zero attached hydrogens (tertiary/aromatic N) is 2. The van der Waals surface area contributed by atoms with Gasteiger partial charge in [-0.25, -0.2) is 9.79 Å². The molecule has 2 fully saturated rings. The van der Waals surface area contributed by atoms with Crippen LogP contribution in [0, 0.1) is 5.41 Å². The Hall–Kier alpha value is -0.770. The number of guanidine groups is 1. The van der Waals surface area contributed by atoms with E-state index in [1.165, 1.54) is 0 Å². The fraction of sp³-hybridized carbons (Fsp3) is 0.889. The van der Waals surface area contributed by atoms with E-state index < -0.39 is 0 Å². The number of aliphatic imine (C=N–C) groups is 1. The summed E-state index contributed by atoms with van der Waals surface area (Å²) in [5, 5.41) is 3.34. The van der Waals surface area contributed by atoms with Crippen molar-refractivity contribution in [2.45, 2.75) is 71.1 Å². The number of hydrogen-bond donors (Lipinski definition) is 2. The van der Waals surface area contributed by atoms with Gasteiger partial charge in [0, 0.05) is 31.7 Å². The molecule has 1 aliphatic carbocycles. The second-order valence-electron chi connectivity index (χ2n) is 7.04. The monoisotopic (exact) mass is 482 g/mol. The Morgan fingerprint density at radius 2 is 1.88 bits per heavy atom. The topological polar surface area (TPSA) is 89.2 Å². The quantitative estimate of drug-likeness (QED) is 0.345. The molecule has 2 atom stereocenters. The number of halogens is 1. The highest BCUT2D eigenvalue weighted by molar-refractivity contribution is 14.0. The Balaban J connectivity index is 0.00000338. The molecule has 152 valence electrons. The first-order valence-electron chi connectivity index (χ1n) is 9.54. The average molecular weight is 482 g/mol. The number of nitrogens with one attached hydrogen (secondary N) is 1. The second-order valence-corrected chi connectivity index (χ2v) is 7.04. The zero-order valence-electron chi connectivity index (χ0n) is 16.5. The molecule has 0 bridgehead atoms. The van der Waals surface area contributed by atoms with E-state index in [4.69, 9.17) is 20.2 Å². The number of likely N-dealkylation sites (tertiary alicyclic amines) is 1. The zero-order chi connectivity index (χ0) is 18.4. The van der Waals surface area contributed by atoms with Crippen molar-refractivity contribution in [2.75, 3.05) is 26.8 Å². The van der Waals surface area contributed by atoms with Crippen molar-refractivity contribution in [3.63, 3.8) is 0 Å². The lowest BCUT2D eigenvalue weighted by Crippen LogP contribution is -2.58. The summed E-state index contributed by atoms with van der Waals surface area (Å²) < 4.78 is 10.7. The van der Waals surface area contributed by atoms with Crippen molar-refractivity contribution in [1.29, 1.82) is 0 Å². The maximum Gasteiger partial charge on any atom is 0.409 e. The van der Waals surface area contributed by atoms with Crippen molar-refractivity contribution in [3.8, 4) is 0 Å². The number of methoxy groups -OCH3 is 1. The summed E-state index contributed by atoms with van der Waals surface area (Å²) >= 11 is 0. The molecule has 0 aromatic rings. The van der Waals surface area contributed by atoms with E-state index in [-0.39, 0.29) is 53.7 Å². The molecule has 0 spiro atoms. The molecule has 1 saturated carbocycles. The van der Waals surface area contributed by atoms with Gasteiger partial charge >= 0.3 is 6.09 Å². The lowest BCUT2D eigenvalue weighted by atomic mass is 9.59. The number of hydrogen-bond acceptors (Lipinski definition) is 4. The fourth-order valence-corrected chi connectivity index (χ4v) is 4.25. The third-order valence-corrected chi connectivity index (χ3v) is 6.01. The van der Waals surface area contributed by atoms with Crippen LogP contribution in [0.25, 0.3) is 0 Å². The summed E-state index contributed by atoms with van der Waals surface area (Å²) in [7, 11) is 1.78. The highest BCUT2D eigenvalue weighted by atomic mass is 127. The minimum Gasteiger partial charge on any atom is -0.450 e. The summed E-state index contributed by atoms with van der Waals surface area (Å²) in [5.41, 5.74) is 6.27. The van der Waals surface area contributed by atoms with Crippen LogP contribution in [0.1, 0.15) is 52.9 Å². The molecule has 26 heavy (non-hydrogen) atoms. The molecule has 1 heterocycles. The van der Waals surface area contributed by atoms with Crippen LogP contribution in [0.5, 0.6) is 0 Å². The minimum atomic E-state index is -0.224. The van der Waals surface area contributed by atoms with E-state index >= 15 is 0 Å². The molecule has 2 unspecified atom stereocenters. The lowest BCUT2D eigenvalue weighted by Gasteiger charge is -2.53. The van der Waals surface area contributed by atoms with Crippen LogP contribution >= 0.6 is 24.0 Å². The first-order valence-corrected chi connectivity index (χ1v) is 9.54. The molecule has 0 aromatic carbocycles. The molecule has 0 aromatic heterocycles. The first-order chi connectivity index (χ1) is 12.0. The van der Waals surface area contributed by atoms with Crippen molar-refractivity contribution in [2.24, 2.45) is 16.1 Å². The van der Waals surface area contributed by atoms with Crippen LogP contribution < -0.4 is 11.1 Å². The van der Waals surface area contributed by atoms with E-state index in [0.29, 0.717) is 25.7 Å². The van der Waals surface area contributed by atoms with Crippen LogP contribution in [-0.2, 0) is 9.47 Å². The molecular weight excluding hydrogens is 447 g/mol. The van der Waals surface area contributed by atoms with Crippen molar-refractivity contribution in [3.05, 3.63) is 0 Å². The van der Waals surface area contributed by atoms with E-state index in [2.05, 4.69) is 19.2 Å². The predicted octanol–water partition coefficient (Wildman–Crippen LogP) is 2.72. The summed E-state index contributed by atoms with van der Waals surface area (Å²) in [4.78, 5) is 18.2. The standard InChI is InChI=1S/C18H34N4O3.HI/c1-5-18(6-2)14(12-15(18)24-4)21-16(19)20-13-8-10-22(11-9-13)17(23)25-7-3;/h13-15H,5-12H2,1-4H3,(H3,19,20,21);1H. The molecule has 2 rings (SSSR count). The van der Waals surface area contributed by atoms with Crippen LogP contribution in [0.4, 0.5) is 4.79 Å². The number of carbonyl (C=O) groups excluding carboxylic acids is 1. The van der Waals surface area contributed by atoms with Gasteiger partial charge in [0.15, 0.2) is 5.96 Å². The summed E-state index contributed by atoms with van der Waals surface area (Å²) in [6.07, 6.45) is 4.78. The first kappa shape index (κ1) is 23.3. The molecule has 3 N–H and O–H groups in total. The van der Waals surface area contributed by atoms with Gasteiger partial charge in [-0.15, -0.1) is 24.0 Å². The highest BCUT2D eigenvalue weighted by Gasteiger charge is 2.53. The van der Waals surface area contributed by atoms with Gasteiger partial charge in [0.2, 0.25) is 0 Å². The fourth-order valence-electron chi connectivity index (χ4n) is 4.25. The van der Waals surface area contributed by atoms with Crippen molar-refractivity contribution >= 4 is 36.0 Å². The SMILES string of the molecule is CCOC(=O)N1CCC(NC(N)=NC2CC(OC)C2(CC)CC)CC1.I. The number of amides is 1. The van der Waals surface area contributed by atoms with E-state index in [1.807, 2.05) is 6.92 Å². The number of piperidine rings is 1. The van der Waals surface area contributed by atoms with Crippen LogP contribution in [0.3, 0.4) is 0 Å². The maximum absolute atomic E-state index is 11.7. The average Bonchev–Trinajstić information content (AvgIpc) is 2.60. The van der Waals surface area contributed by atoms with Gasteiger partial charge in [-0.2, -0.15) is 0 Å². The zero-order valence-corrected chi connectivity index (χ0v) is 18.8.